The summed E-state index contributed by atoms with van der Waals surface area (Å²) in [5.41, 5.74) is -1.05. The molecular formula is C15H23F3N4O2S. The SMILES string of the molecule is CC(CN1CCN(C)CC1)Nc1ccc(S(N)(=O)=O)c(C(F)(F)F)c1. The van der Waals surface area contributed by atoms with Gasteiger partial charge in [0.25, 0.3) is 0 Å². The number of nitrogens with two attached hydrogens (primary N) is 1. The van der Waals surface area contributed by atoms with Gasteiger partial charge < -0.3 is 10.2 Å². The van der Waals surface area contributed by atoms with Crippen molar-refractivity contribution >= 4 is 15.7 Å². The Kier molecular flexibility index (Phi) is 5.97. The van der Waals surface area contributed by atoms with Gasteiger partial charge in [0, 0.05) is 44.5 Å². The van der Waals surface area contributed by atoms with Gasteiger partial charge in [0.2, 0.25) is 10.0 Å². The van der Waals surface area contributed by atoms with Crippen LogP contribution in [-0.4, -0.2) is 64.0 Å². The van der Waals surface area contributed by atoms with Crippen molar-refractivity contribution in [2.45, 2.75) is 24.0 Å². The van der Waals surface area contributed by atoms with Gasteiger partial charge in [-0.1, -0.05) is 0 Å². The summed E-state index contributed by atoms with van der Waals surface area (Å²) < 4.78 is 62.2. The van der Waals surface area contributed by atoms with Gasteiger partial charge in [-0.05, 0) is 32.2 Å². The lowest BCUT2D eigenvalue weighted by atomic mass is 10.1. The first kappa shape index (κ1) is 20.0. The van der Waals surface area contributed by atoms with E-state index in [1.165, 1.54) is 6.07 Å². The van der Waals surface area contributed by atoms with Gasteiger partial charge in [-0.15, -0.1) is 0 Å². The van der Waals surface area contributed by atoms with Crippen LogP contribution in [0.4, 0.5) is 18.9 Å². The van der Waals surface area contributed by atoms with Crippen molar-refractivity contribution in [3.63, 3.8) is 0 Å². The van der Waals surface area contributed by atoms with Gasteiger partial charge >= 0.3 is 6.18 Å². The van der Waals surface area contributed by atoms with Gasteiger partial charge in [-0.2, -0.15) is 13.2 Å². The molecule has 1 atom stereocenters. The van der Waals surface area contributed by atoms with E-state index in [0.717, 1.165) is 38.3 Å². The number of nitrogens with one attached hydrogen (secondary N) is 1. The third-order valence-corrected chi connectivity index (χ3v) is 5.10. The van der Waals surface area contributed by atoms with Crippen molar-refractivity contribution < 1.29 is 21.6 Å². The Morgan fingerprint density at radius 2 is 1.84 bits per heavy atom. The van der Waals surface area contributed by atoms with Crippen molar-refractivity contribution in [1.82, 2.24) is 9.80 Å². The summed E-state index contributed by atoms with van der Waals surface area (Å²) in [7, 11) is -2.40. The van der Waals surface area contributed by atoms with E-state index in [-0.39, 0.29) is 11.7 Å². The molecular weight excluding hydrogens is 357 g/mol. The number of nitrogens with zero attached hydrogens (tertiary/aromatic N) is 2. The molecule has 1 heterocycles. The van der Waals surface area contributed by atoms with Crippen LogP contribution >= 0.6 is 0 Å². The quantitative estimate of drug-likeness (QED) is 0.807. The summed E-state index contributed by atoms with van der Waals surface area (Å²) in [6, 6.07) is 2.89. The van der Waals surface area contributed by atoms with E-state index >= 15 is 0 Å². The van der Waals surface area contributed by atoms with E-state index in [1.54, 1.807) is 0 Å². The third kappa shape index (κ3) is 5.56. The predicted molar refractivity (Wildman–Crippen MR) is 89.8 cm³/mol. The molecule has 1 aromatic carbocycles. The molecule has 142 valence electrons. The number of likely N-dealkylation sites (N-methyl/N-ethyl adjacent to an activating group) is 1. The second-order valence-electron chi connectivity index (χ2n) is 6.40. The first-order chi connectivity index (χ1) is 11.5. The molecule has 2 rings (SSSR count). The number of halogens is 3. The Morgan fingerprint density at radius 1 is 1.24 bits per heavy atom. The molecule has 0 spiro atoms. The Hall–Kier alpha value is -1.36. The van der Waals surface area contributed by atoms with Gasteiger partial charge in [0.05, 0.1) is 10.5 Å². The lowest BCUT2D eigenvalue weighted by Gasteiger charge is -2.34. The summed E-state index contributed by atoms with van der Waals surface area (Å²) in [6.45, 7) is 6.27. The number of alkyl halides is 3. The largest absolute Gasteiger partial charge is 0.417 e. The van der Waals surface area contributed by atoms with Gasteiger partial charge in [-0.25, -0.2) is 13.6 Å². The number of hydrogen-bond acceptors (Lipinski definition) is 5. The maximum absolute atomic E-state index is 13.1. The summed E-state index contributed by atoms with van der Waals surface area (Å²) in [4.78, 5) is 3.54. The highest BCUT2D eigenvalue weighted by Gasteiger charge is 2.36. The minimum absolute atomic E-state index is 0.0928. The zero-order chi connectivity index (χ0) is 18.8. The molecule has 1 saturated heterocycles. The predicted octanol–water partition coefficient (Wildman–Crippen LogP) is 1.40. The van der Waals surface area contributed by atoms with Crippen LogP contribution in [0.5, 0.6) is 0 Å². The van der Waals surface area contributed by atoms with Gasteiger partial charge in [-0.3, -0.25) is 4.90 Å². The first-order valence-corrected chi connectivity index (χ1v) is 9.43. The number of rotatable bonds is 5. The number of benzene rings is 1. The zero-order valence-electron chi connectivity index (χ0n) is 14.2. The fourth-order valence-electron chi connectivity index (χ4n) is 2.84. The Morgan fingerprint density at radius 3 is 2.36 bits per heavy atom. The van der Waals surface area contributed by atoms with Crippen LogP contribution in [0.15, 0.2) is 23.1 Å². The molecule has 1 unspecified atom stereocenters. The maximum atomic E-state index is 13.1. The standard InChI is InChI=1S/C15H23F3N4O2S/c1-11(10-22-7-5-21(2)6-8-22)20-12-3-4-14(25(19,23)24)13(9-12)15(16,17)18/h3-4,9,11,20H,5-8,10H2,1-2H3,(H2,19,23,24). The Labute approximate surface area is 145 Å². The Balaban J connectivity index is 2.12. The van der Waals surface area contributed by atoms with E-state index in [4.69, 9.17) is 5.14 Å². The molecule has 0 aromatic heterocycles. The highest BCUT2D eigenvalue weighted by Crippen LogP contribution is 2.35. The molecule has 0 amide bonds. The minimum Gasteiger partial charge on any atom is -0.381 e. The molecule has 1 aliphatic heterocycles. The number of piperazine rings is 1. The number of sulfonamides is 1. The number of primary sulfonamides is 1. The normalized spacial score (nSPS) is 19.0. The van der Waals surface area contributed by atoms with Crippen molar-refractivity contribution in [3.8, 4) is 0 Å². The van der Waals surface area contributed by atoms with E-state index in [0.29, 0.717) is 6.54 Å². The number of anilines is 1. The molecule has 0 bridgehead atoms. The van der Waals surface area contributed by atoms with Crippen LogP contribution in [-0.2, 0) is 16.2 Å². The molecule has 3 N–H and O–H groups in total. The average Bonchev–Trinajstić information content (AvgIpc) is 2.47. The van der Waals surface area contributed by atoms with Crippen molar-refractivity contribution in [1.29, 1.82) is 0 Å². The Bertz CT molecular complexity index is 701. The lowest BCUT2D eigenvalue weighted by Crippen LogP contribution is -2.47. The highest BCUT2D eigenvalue weighted by atomic mass is 32.2. The maximum Gasteiger partial charge on any atom is 0.417 e. The van der Waals surface area contributed by atoms with Gasteiger partial charge in [0.1, 0.15) is 0 Å². The highest BCUT2D eigenvalue weighted by molar-refractivity contribution is 7.89. The van der Waals surface area contributed by atoms with Crippen molar-refractivity contribution in [2.24, 2.45) is 5.14 Å². The second kappa shape index (κ2) is 7.48. The van der Waals surface area contributed by atoms with E-state index in [9.17, 15) is 21.6 Å². The molecule has 25 heavy (non-hydrogen) atoms. The topological polar surface area (TPSA) is 78.7 Å². The smallest absolute Gasteiger partial charge is 0.381 e. The lowest BCUT2D eigenvalue weighted by molar-refractivity contribution is -0.139. The minimum atomic E-state index is -4.81. The van der Waals surface area contributed by atoms with Crippen molar-refractivity contribution in [3.05, 3.63) is 23.8 Å². The zero-order valence-corrected chi connectivity index (χ0v) is 15.0. The van der Waals surface area contributed by atoms with Crippen LogP contribution in [0, 0.1) is 0 Å². The summed E-state index contributed by atoms with van der Waals surface area (Å²) in [5, 5.41) is 7.88. The molecule has 0 radical (unpaired) electrons. The second-order valence-corrected chi connectivity index (χ2v) is 7.93. The average molecular weight is 380 g/mol. The molecule has 0 saturated carbocycles. The molecule has 10 heteroatoms. The summed E-state index contributed by atoms with van der Waals surface area (Å²) in [6.07, 6.45) is -4.81. The van der Waals surface area contributed by atoms with E-state index in [1.807, 2.05) is 14.0 Å². The fraction of sp³-hybridized carbons (Fsp3) is 0.600. The van der Waals surface area contributed by atoms with Crippen LogP contribution in [0.25, 0.3) is 0 Å². The van der Waals surface area contributed by atoms with Crippen LogP contribution < -0.4 is 10.5 Å². The molecule has 0 aliphatic carbocycles. The molecule has 1 aliphatic rings. The fourth-order valence-corrected chi connectivity index (χ4v) is 3.58. The van der Waals surface area contributed by atoms with Crippen LogP contribution in [0.3, 0.4) is 0 Å². The summed E-state index contributed by atoms with van der Waals surface area (Å²) in [5.74, 6) is 0. The molecule has 6 nitrogen and oxygen atoms in total. The van der Waals surface area contributed by atoms with Crippen molar-refractivity contribution in [2.75, 3.05) is 45.1 Å². The summed E-state index contributed by atoms with van der Waals surface area (Å²) >= 11 is 0. The molecule has 1 fully saturated rings. The van der Waals surface area contributed by atoms with Gasteiger partial charge in [0.15, 0.2) is 0 Å². The number of hydrogen-bond donors (Lipinski definition) is 2. The van der Waals surface area contributed by atoms with Crippen LogP contribution in [0.2, 0.25) is 0 Å². The van der Waals surface area contributed by atoms with Crippen LogP contribution in [0.1, 0.15) is 12.5 Å². The van der Waals surface area contributed by atoms with E-state index < -0.39 is 26.7 Å². The third-order valence-electron chi connectivity index (χ3n) is 4.13. The monoisotopic (exact) mass is 380 g/mol. The molecule has 1 aromatic rings. The van der Waals surface area contributed by atoms with E-state index in [2.05, 4.69) is 15.1 Å². The first-order valence-electron chi connectivity index (χ1n) is 7.88.